The topological polar surface area (TPSA) is 106 Å². The first-order valence-electron chi connectivity index (χ1n) is 9.62. The molecule has 1 aromatic heterocycles. The van der Waals surface area contributed by atoms with E-state index in [0.29, 0.717) is 11.7 Å². The Morgan fingerprint density at radius 1 is 1.27 bits per heavy atom. The molecule has 0 radical (unpaired) electrons. The summed E-state index contributed by atoms with van der Waals surface area (Å²) in [6, 6.07) is 12.4. The van der Waals surface area contributed by atoms with Crippen molar-refractivity contribution in [1.29, 1.82) is 0 Å². The van der Waals surface area contributed by atoms with Gasteiger partial charge in [0.2, 0.25) is 5.91 Å². The SMILES string of the molecule is Cc1ccccc1C(CC(=O)Nc1nc(-c2ccc3c(c2)CCO3)cs1)NC(N)=O. The lowest BCUT2D eigenvalue weighted by Crippen LogP contribution is -2.35. The number of aromatic nitrogens is 1. The predicted molar refractivity (Wildman–Crippen MR) is 117 cm³/mol. The lowest BCUT2D eigenvalue weighted by molar-refractivity contribution is -0.116. The first kappa shape index (κ1) is 19.9. The third-order valence-electron chi connectivity index (χ3n) is 5.01. The molecule has 3 aromatic rings. The fraction of sp³-hybridized carbons (Fsp3) is 0.227. The van der Waals surface area contributed by atoms with Gasteiger partial charge < -0.3 is 21.1 Å². The highest BCUT2D eigenvalue weighted by molar-refractivity contribution is 7.14. The van der Waals surface area contributed by atoms with Gasteiger partial charge in [-0.05, 0) is 41.8 Å². The van der Waals surface area contributed by atoms with E-state index in [1.165, 1.54) is 16.9 Å². The molecule has 154 valence electrons. The van der Waals surface area contributed by atoms with Crippen LogP contribution in [0.3, 0.4) is 0 Å². The van der Waals surface area contributed by atoms with Crippen LogP contribution < -0.4 is 21.1 Å². The third-order valence-corrected chi connectivity index (χ3v) is 5.76. The number of thiazole rings is 1. The molecule has 3 amide bonds. The average molecular weight is 423 g/mol. The number of carbonyl (C=O) groups is 2. The van der Waals surface area contributed by atoms with Crippen molar-refractivity contribution in [2.75, 3.05) is 11.9 Å². The maximum absolute atomic E-state index is 12.6. The standard InChI is InChI=1S/C22H22N4O3S/c1-13-4-2-3-5-16(13)17(24-21(23)28)11-20(27)26-22-25-18(12-30-22)14-6-7-19-15(10-14)8-9-29-19/h2-7,10,12,17H,8-9,11H2,1H3,(H3,23,24,28)(H,25,26,27). The van der Waals surface area contributed by atoms with Gasteiger partial charge in [0.05, 0.1) is 24.8 Å². The van der Waals surface area contributed by atoms with E-state index in [0.717, 1.165) is 34.6 Å². The summed E-state index contributed by atoms with van der Waals surface area (Å²) in [6.07, 6.45) is 0.947. The summed E-state index contributed by atoms with van der Waals surface area (Å²) in [5, 5.41) is 7.91. The van der Waals surface area contributed by atoms with E-state index in [1.807, 2.05) is 48.7 Å². The lowest BCUT2D eigenvalue weighted by atomic mass is 9.98. The van der Waals surface area contributed by atoms with Crippen molar-refractivity contribution in [2.45, 2.75) is 25.8 Å². The quantitative estimate of drug-likeness (QED) is 0.562. The number of nitrogens with two attached hydrogens (primary N) is 1. The molecule has 7 nitrogen and oxygen atoms in total. The molecule has 1 unspecified atom stereocenters. The molecule has 2 aromatic carbocycles. The second-order valence-electron chi connectivity index (χ2n) is 7.13. The van der Waals surface area contributed by atoms with Crippen LogP contribution in [0.25, 0.3) is 11.3 Å². The maximum atomic E-state index is 12.6. The molecule has 0 saturated carbocycles. The van der Waals surface area contributed by atoms with Crippen LogP contribution in [-0.2, 0) is 11.2 Å². The number of primary amides is 1. The highest BCUT2D eigenvalue weighted by atomic mass is 32.1. The predicted octanol–water partition coefficient (Wildman–Crippen LogP) is 3.79. The van der Waals surface area contributed by atoms with Crippen molar-refractivity contribution in [3.8, 4) is 17.0 Å². The first-order valence-corrected chi connectivity index (χ1v) is 10.5. The van der Waals surface area contributed by atoms with Gasteiger partial charge >= 0.3 is 6.03 Å². The van der Waals surface area contributed by atoms with Crippen LogP contribution in [0.2, 0.25) is 0 Å². The third kappa shape index (κ3) is 4.44. The number of urea groups is 1. The molecule has 30 heavy (non-hydrogen) atoms. The number of rotatable bonds is 6. The van der Waals surface area contributed by atoms with Gasteiger partial charge in [-0.25, -0.2) is 9.78 Å². The Balaban J connectivity index is 1.46. The molecule has 1 aliphatic rings. The monoisotopic (exact) mass is 422 g/mol. The molecule has 0 bridgehead atoms. The number of nitrogens with one attached hydrogen (secondary N) is 2. The molecule has 1 aliphatic heterocycles. The Morgan fingerprint density at radius 3 is 2.90 bits per heavy atom. The Morgan fingerprint density at radius 2 is 2.10 bits per heavy atom. The highest BCUT2D eigenvalue weighted by Crippen LogP contribution is 2.32. The summed E-state index contributed by atoms with van der Waals surface area (Å²) >= 11 is 1.36. The Labute approximate surface area is 178 Å². The molecule has 2 heterocycles. The van der Waals surface area contributed by atoms with Crippen LogP contribution in [0.15, 0.2) is 47.8 Å². The molecular weight excluding hydrogens is 400 g/mol. The van der Waals surface area contributed by atoms with Crippen molar-refractivity contribution in [3.05, 3.63) is 64.5 Å². The Hall–Kier alpha value is -3.39. The minimum absolute atomic E-state index is 0.0545. The summed E-state index contributed by atoms with van der Waals surface area (Å²) in [5.41, 5.74) is 10.1. The van der Waals surface area contributed by atoms with Gasteiger partial charge in [-0.1, -0.05) is 24.3 Å². The van der Waals surface area contributed by atoms with E-state index in [1.54, 1.807) is 0 Å². The van der Waals surface area contributed by atoms with E-state index in [2.05, 4.69) is 21.7 Å². The second kappa shape index (κ2) is 8.54. The molecule has 8 heteroatoms. The number of hydrogen-bond donors (Lipinski definition) is 3. The van der Waals surface area contributed by atoms with Gasteiger partial charge in [0.1, 0.15) is 5.75 Å². The molecule has 0 aliphatic carbocycles. The summed E-state index contributed by atoms with van der Waals surface area (Å²) in [5.74, 6) is 0.673. The highest BCUT2D eigenvalue weighted by Gasteiger charge is 2.20. The lowest BCUT2D eigenvalue weighted by Gasteiger charge is -2.19. The van der Waals surface area contributed by atoms with Gasteiger partial charge in [0.15, 0.2) is 5.13 Å². The minimum atomic E-state index is -0.673. The van der Waals surface area contributed by atoms with E-state index in [-0.39, 0.29) is 12.3 Å². The van der Waals surface area contributed by atoms with Crippen molar-refractivity contribution in [3.63, 3.8) is 0 Å². The molecule has 1 atom stereocenters. The molecule has 0 fully saturated rings. The van der Waals surface area contributed by atoms with Crippen LogP contribution in [0.5, 0.6) is 5.75 Å². The Kier molecular flexibility index (Phi) is 5.67. The van der Waals surface area contributed by atoms with Crippen molar-refractivity contribution in [2.24, 2.45) is 5.73 Å². The van der Waals surface area contributed by atoms with Crippen molar-refractivity contribution >= 4 is 28.4 Å². The number of benzene rings is 2. The number of carbonyl (C=O) groups excluding carboxylic acids is 2. The zero-order chi connectivity index (χ0) is 21.1. The largest absolute Gasteiger partial charge is 0.493 e. The average Bonchev–Trinajstić information content (AvgIpc) is 3.36. The fourth-order valence-corrected chi connectivity index (χ4v) is 4.29. The second-order valence-corrected chi connectivity index (χ2v) is 7.99. The van der Waals surface area contributed by atoms with E-state index < -0.39 is 12.1 Å². The van der Waals surface area contributed by atoms with Crippen LogP contribution in [0, 0.1) is 6.92 Å². The van der Waals surface area contributed by atoms with E-state index >= 15 is 0 Å². The zero-order valence-electron chi connectivity index (χ0n) is 16.5. The van der Waals surface area contributed by atoms with Gasteiger partial charge in [0.25, 0.3) is 0 Å². The van der Waals surface area contributed by atoms with Gasteiger partial charge in [-0.15, -0.1) is 11.3 Å². The van der Waals surface area contributed by atoms with E-state index in [9.17, 15) is 9.59 Å². The smallest absolute Gasteiger partial charge is 0.312 e. The minimum Gasteiger partial charge on any atom is -0.493 e. The van der Waals surface area contributed by atoms with Crippen LogP contribution >= 0.6 is 11.3 Å². The summed E-state index contributed by atoms with van der Waals surface area (Å²) in [7, 11) is 0. The van der Waals surface area contributed by atoms with Gasteiger partial charge in [-0.3, -0.25) is 4.79 Å². The Bertz CT molecular complexity index is 1100. The summed E-state index contributed by atoms with van der Waals surface area (Å²) < 4.78 is 5.54. The molecule has 0 spiro atoms. The number of aryl methyl sites for hydroxylation is 1. The first-order chi connectivity index (χ1) is 14.5. The molecule has 4 N–H and O–H groups in total. The summed E-state index contributed by atoms with van der Waals surface area (Å²) in [6.45, 7) is 2.64. The molecule has 4 rings (SSSR count). The van der Waals surface area contributed by atoms with Crippen molar-refractivity contribution < 1.29 is 14.3 Å². The maximum Gasteiger partial charge on any atom is 0.312 e. The van der Waals surface area contributed by atoms with Crippen LogP contribution in [-0.4, -0.2) is 23.5 Å². The fourth-order valence-electron chi connectivity index (χ4n) is 3.55. The van der Waals surface area contributed by atoms with Crippen LogP contribution in [0.4, 0.5) is 9.93 Å². The number of nitrogens with zero attached hydrogens (tertiary/aromatic N) is 1. The normalized spacial score (nSPS) is 13.2. The number of ether oxygens (including phenoxy) is 1. The number of amides is 3. The number of hydrogen-bond acceptors (Lipinski definition) is 5. The number of fused-ring (bicyclic) bond motifs is 1. The van der Waals surface area contributed by atoms with Crippen LogP contribution in [0.1, 0.15) is 29.2 Å². The van der Waals surface area contributed by atoms with Crippen molar-refractivity contribution in [1.82, 2.24) is 10.3 Å². The molecular formula is C22H22N4O3S. The van der Waals surface area contributed by atoms with E-state index in [4.69, 9.17) is 10.5 Å². The summed E-state index contributed by atoms with van der Waals surface area (Å²) in [4.78, 5) is 28.6. The van der Waals surface area contributed by atoms with Gasteiger partial charge in [0, 0.05) is 17.4 Å². The molecule has 0 saturated heterocycles. The zero-order valence-corrected chi connectivity index (χ0v) is 17.3. The van der Waals surface area contributed by atoms with Gasteiger partial charge in [-0.2, -0.15) is 0 Å². The number of anilines is 1.